The fraction of sp³-hybridized carbons (Fsp3) is 0.385. The second-order valence-corrected chi connectivity index (χ2v) is 2.87. The van der Waals surface area contributed by atoms with Crippen LogP contribution in [-0.2, 0) is 6.42 Å². The molecule has 0 unspecified atom stereocenters. The lowest BCUT2D eigenvalue weighted by Gasteiger charge is -1.90. The minimum atomic E-state index is 0.680. The van der Waals surface area contributed by atoms with Gasteiger partial charge in [-0.2, -0.15) is 0 Å². The molecular formula is C13H22N2. The molecule has 0 atom stereocenters. The first kappa shape index (κ1) is 13.7. The van der Waals surface area contributed by atoms with E-state index in [0.717, 1.165) is 11.8 Å². The monoisotopic (exact) mass is 206 g/mol. The van der Waals surface area contributed by atoms with Gasteiger partial charge in [0, 0.05) is 16.8 Å². The van der Waals surface area contributed by atoms with E-state index >= 15 is 0 Å². The molecule has 0 aromatic carbocycles. The van der Waals surface area contributed by atoms with E-state index in [1.165, 1.54) is 10.8 Å². The maximum atomic E-state index is 5.51. The van der Waals surface area contributed by atoms with E-state index in [1.54, 1.807) is 6.08 Å². The number of aromatic amines is 1. The molecule has 0 aliphatic rings. The van der Waals surface area contributed by atoms with Crippen molar-refractivity contribution in [3.63, 3.8) is 0 Å². The van der Waals surface area contributed by atoms with E-state index in [-0.39, 0.29) is 0 Å². The van der Waals surface area contributed by atoms with Crippen LogP contribution in [0.25, 0.3) is 12.2 Å². The van der Waals surface area contributed by atoms with Crippen molar-refractivity contribution in [1.29, 1.82) is 0 Å². The zero-order chi connectivity index (χ0) is 11.7. The molecule has 0 radical (unpaired) electrons. The van der Waals surface area contributed by atoms with Crippen LogP contribution in [0.5, 0.6) is 0 Å². The number of H-pyrrole nitrogens is 1. The summed E-state index contributed by atoms with van der Waals surface area (Å²) >= 11 is 0. The van der Waals surface area contributed by atoms with Gasteiger partial charge in [-0.15, -0.1) is 0 Å². The second kappa shape index (κ2) is 8.06. The number of allylic oxidation sites excluding steroid dienone is 1. The maximum Gasteiger partial charge on any atom is 0.0413 e. The van der Waals surface area contributed by atoms with Gasteiger partial charge in [0.2, 0.25) is 0 Å². The highest BCUT2D eigenvalue weighted by Gasteiger charge is 1.96. The average molecular weight is 206 g/mol. The minimum absolute atomic E-state index is 0.680. The van der Waals surface area contributed by atoms with E-state index in [4.69, 9.17) is 5.73 Å². The Labute approximate surface area is 92.2 Å². The predicted molar refractivity (Wildman–Crippen MR) is 69.0 cm³/mol. The summed E-state index contributed by atoms with van der Waals surface area (Å²) in [6.45, 7) is 10.4. The summed E-state index contributed by atoms with van der Waals surface area (Å²) in [5, 5.41) is 2.35. The van der Waals surface area contributed by atoms with Gasteiger partial charge in [0.15, 0.2) is 0 Å². The van der Waals surface area contributed by atoms with Gasteiger partial charge >= 0.3 is 0 Å². The molecule has 84 valence electrons. The van der Waals surface area contributed by atoms with Crippen molar-refractivity contribution in [1.82, 2.24) is 4.98 Å². The van der Waals surface area contributed by atoms with Crippen molar-refractivity contribution >= 4 is 12.2 Å². The van der Waals surface area contributed by atoms with Gasteiger partial charge in [-0.3, -0.25) is 0 Å². The van der Waals surface area contributed by atoms with Gasteiger partial charge in [-0.05, 0) is 25.5 Å². The molecule has 0 fully saturated rings. The van der Waals surface area contributed by atoms with Crippen LogP contribution in [-0.4, -0.2) is 11.5 Å². The van der Waals surface area contributed by atoms with Crippen molar-refractivity contribution < 1.29 is 0 Å². The molecule has 0 saturated carbocycles. The molecule has 15 heavy (non-hydrogen) atoms. The summed E-state index contributed by atoms with van der Waals surface area (Å²) in [6, 6.07) is 0. The lowest BCUT2D eigenvalue weighted by molar-refractivity contribution is 0.965. The molecule has 1 heterocycles. The lowest BCUT2D eigenvalue weighted by Crippen LogP contribution is -2.25. The van der Waals surface area contributed by atoms with E-state index in [0.29, 0.717) is 6.54 Å². The topological polar surface area (TPSA) is 41.8 Å². The van der Waals surface area contributed by atoms with Crippen molar-refractivity contribution in [2.75, 3.05) is 6.54 Å². The summed E-state index contributed by atoms with van der Waals surface area (Å²) in [6.07, 6.45) is 8.78. The number of aromatic nitrogens is 1. The zero-order valence-electron chi connectivity index (χ0n) is 10.0. The summed E-state index contributed by atoms with van der Waals surface area (Å²) < 4.78 is 0. The highest BCUT2D eigenvalue weighted by atomic mass is 14.7. The third-order valence-electron chi connectivity index (χ3n) is 2.02. The van der Waals surface area contributed by atoms with Crippen molar-refractivity contribution in [3.05, 3.63) is 35.0 Å². The summed E-state index contributed by atoms with van der Waals surface area (Å²) in [5.41, 5.74) is 6.77. The van der Waals surface area contributed by atoms with Crippen LogP contribution in [0.3, 0.4) is 0 Å². The third-order valence-corrected chi connectivity index (χ3v) is 2.02. The molecule has 2 nitrogen and oxygen atoms in total. The number of nitrogens with two attached hydrogens (primary N) is 1. The fourth-order valence-electron chi connectivity index (χ4n) is 1.41. The predicted octanol–water partition coefficient (Wildman–Crippen LogP) is 1.31. The first-order valence-corrected chi connectivity index (χ1v) is 5.49. The van der Waals surface area contributed by atoms with E-state index < -0.39 is 0 Å². The molecule has 1 rings (SSSR count). The molecule has 0 amide bonds. The molecule has 0 saturated heterocycles. The third kappa shape index (κ3) is 3.76. The minimum Gasteiger partial charge on any atom is -0.361 e. The highest BCUT2D eigenvalue weighted by molar-refractivity contribution is 5.40. The largest absolute Gasteiger partial charge is 0.361 e. The Balaban J connectivity index is 0.000000921. The molecule has 1 aromatic rings. The van der Waals surface area contributed by atoms with Crippen LogP contribution in [0.4, 0.5) is 0 Å². The molecule has 0 aliphatic heterocycles. The molecule has 0 aliphatic carbocycles. The fourth-order valence-corrected chi connectivity index (χ4v) is 1.41. The van der Waals surface area contributed by atoms with Crippen LogP contribution < -0.4 is 16.3 Å². The van der Waals surface area contributed by atoms with Gasteiger partial charge < -0.3 is 10.7 Å². The van der Waals surface area contributed by atoms with E-state index in [9.17, 15) is 0 Å². The van der Waals surface area contributed by atoms with Gasteiger partial charge in [-0.1, -0.05) is 38.7 Å². The van der Waals surface area contributed by atoms with Crippen LogP contribution in [0.1, 0.15) is 26.3 Å². The zero-order valence-corrected chi connectivity index (χ0v) is 10.0. The normalized spacial score (nSPS) is 12.3. The van der Waals surface area contributed by atoms with Gasteiger partial charge in [0.05, 0.1) is 0 Å². The molecule has 0 bridgehead atoms. The Morgan fingerprint density at radius 3 is 2.60 bits per heavy atom. The number of rotatable bonds is 3. The molecular weight excluding hydrogens is 184 g/mol. The Hall–Kier alpha value is -1.28. The first-order valence-electron chi connectivity index (χ1n) is 5.49. The van der Waals surface area contributed by atoms with Crippen molar-refractivity contribution in [2.45, 2.75) is 27.2 Å². The van der Waals surface area contributed by atoms with Gasteiger partial charge in [-0.25, -0.2) is 0 Å². The van der Waals surface area contributed by atoms with Crippen molar-refractivity contribution in [3.8, 4) is 0 Å². The quantitative estimate of drug-likeness (QED) is 0.769. The number of hydrogen-bond acceptors (Lipinski definition) is 1. The van der Waals surface area contributed by atoms with Crippen LogP contribution >= 0.6 is 0 Å². The standard InChI is InChI=1S/C11H16N2.C2H6/c1-3-5-10-9(6-7-12)8-13-11(10)4-2;1-2/h3-5,8,13H,1,6-7,12H2,2H3;1-2H3/b10-5-,11-4+;. The Morgan fingerprint density at radius 1 is 1.47 bits per heavy atom. The summed E-state index contributed by atoms with van der Waals surface area (Å²) in [7, 11) is 0. The summed E-state index contributed by atoms with van der Waals surface area (Å²) in [4.78, 5) is 3.20. The second-order valence-electron chi connectivity index (χ2n) is 2.87. The Morgan fingerprint density at radius 2 is 2.13 bits per heavy atom. The van der Waals surface area contributed by atoms with Crippen LogP contribution in [0, 0.1) is 0 Å². The van der Waals surface area contributed by atoms with Crippen LogP contribution in [0.2, 0.25) is 0 Å². The SMILES string of the molecule is C=C/C=c1/c(CCN)c[nH]/c1=C/C.CC. The summed E-state index contributed by atoms with van der Waals surface area (Å²) in [5.74, 6) is 0. The maximum absolute atomic E-state index is 5.51. The Bertz CT molecular complexity index is 385. The van der Waals surface area contributed by atoms with Gasteiger partial charge in [0.1, 0.15) is 0 Å². The molecule has 0 spiro atoms. The smallest absolute Gasteiger partial charge is 0.0413 e. The number of nitrogens with one attached hydrogen (secondary N) is 1. The van der Waals surface area contributed by atoms with E-state index in [1.807, 2.05) is 33.0 Å². The Kier molecular flexibility index (Phi) is 7.38. The van der Waals surface area contributed by atoms with E-state index in [2.05, 4.69) is 17.6 Å². The molecule has 2 heteroatoms. The van der Waals surface area contributed by atoms with Gasteiger partial charge in [0.25, 0.3) is 0 Å². The number of hydrogen-bond donors (Lipinski definition) is 2. The van der Waals surface area contributed by atoms with Crippen LogP contribution in [0.15, 0.2) is 18.9 Å². The highest BCUT2D eigenvalue weighted by Crippen LogP contribution is 1.86. The van der Waals surface area contributed by atoms with Crippen molar-refractivity contribution in [2.24, 2.45) is 5.73 Å². The lowest BCUT2D eigenvalue weighted by atomic mass is 10.2. The molecule has 1 aromatic heterocycles. The average Bonchev–Trinajstić information content (AvgIpc) is 2.65. The first-order chi connectivity index (χ1) is 7.33. The molecule has 3 N–H and O–H groups in total.